The van der Waals surface area contributed by atoms with Gasteiger partial charge in [0.25, 0.3) is 5.69 Å². The highest BCUT2D eigenvalue weighted by atomic mass is 16.6. The van der Waals surface area contributed by atoms with Crippen LogP contribution in [0, 0.1) is 21.4 Å². The first-order valence-electron chi connectivity index (χ1n) is 6.08. The summed E-state index contributed by atoms with van der Waals surface area (Å²) in [4.78, 5) is 15.3. The Hall–Kier alpha value is -3.20. The zero-order valence-electron chi connectivity index (χ0n) is 11.0. The molecule has 0 saturated heterocycles. The number of nitriles is 1. The molecule has 0 heterocycles. The molecule has 0 aliphatic carbocycles. The van der Waals surface area contributed by atoms with Crippen LogP contribution in [0.4, 0.5) is 5.69 Å². The molecule has 0 unspecified atom stereocenters. The molecule has 0 atom stereocenters. The SMILES string of the molecule is N#Cc1ccccc1CO/N=C\c1cccc([N+](=O)[O-])c1. The fourth-order valence-corrected chi connectivity index (χ4v) is 1.68. The summed E-state index contributed by atoms with van der Waals surface area (Å²) >= 11 is 0. The van der Waals surface area contributed by atoms with E-state index in [1.165, 1.54) is 18.3 Å². The van der Waals surface area contributed by atoms with Crippen molar-refractivity contribution in [1.29, 1.82) is 5.26 Å². The summed E-state index contributed by atoms with van der Waals surface area (Å²) in [6.45, 7) is 0.162. The molecule has 0 fully saturated rings. The second kappa shape index (κ2) is 6.82. The predicted molar refractivity (Wildman–Crippen MR) is 76.6 cm³/mol. The zero-order valence-corrected chi connectivity index (χ0v) is 11.0. The van der Waals surface area contributed by atoms with E-state index in [2.05, 4.69) is 11.2 Å². The van der Waals surface area contributed by atoms with E-state index in [1.807, 2.05) is 6.07 Å². The van der Waals surface area contributed by atoms with Gasteiger partial charge in [-0.3, -0.25) is 10.1 Å². The van der Waals surface area contributed by atoms with Gasteiger partial charge in [-0.25, -0.2) is 0 Å². The highest BCUT2D eigenvalue weighted by molar-refractivity contribution is 5.80. The van der Waals surface area contributed by atoms with E-state index in [0.29, 0.717) is 11.1 Å². The first-order valence-corrected chi connectivity index (χ1v) is 6.08. The molecule has 0 N–H and O–H groups in total. The molecule has 0 radical (unpaired) electrons. The molecular weight excluding hydrogens is 270 g/mol. The van der Waals surface area contributed by atoms with E-state index in [0.717, 1.165) is 5.56 Å². The Bertz CT molecular complexity index is 720. The molecular formula is C15H11N3O3. The maximum atomic E-state index is 10.6. The fraction of sp³-hybridized carbons (Fsp3) is 0.0667. The predicted octanol–water partition coefficient (Wildman–Crippen LogP) is 3.02. The lowest BCUT2D eigenvalue weighted by atomic mass is 10.1. The summed E-state index contributed by atoms with van der Waals surface area (Å²) in [6, 6.07) is 15.2. The van der Waals surface area contributed by atoms with Crippen LogP contribution >= 0.6 is 0 Å². The second-order valence-corrected chi connectivity index (χ2v) is 4.13. The van der Waals surface area contributed by atoms with E-state index >= 15 is 0 Å². The molecule has 104 valence electrons. The maximum Gasteiger partial charge on any atom is 0.270 e. The van der Waals surface area contributed by atoms with Gasteiger partial charge in [0, 0.05) is 23.3 Å². The minimum atomic E-state index is -0.471. The van der Waals surface area contributed by atoms with Gasteiger partial charge in [0.1, 0.15) is 6.61 Å². The van der Waals surface area contributed by atoms with Crippen LogP contribution in [-0.4, -0.2) is 11.1 Å². The number of non-ortho nitro benzene ring substituents is 1. The van der Waals surface area contributed by atoms with Gasteiger partial charge in [-0.2, -0.15) is 5.26 Å². The molecule has 6 heteroatoms. The average Bonchev–Trinajstić information content (AvgIpc) is 2.52. The van der Waals surface area contributed by atoms with Crippen LogP contribution in [0.3, 0.4) is 0 Å². The molecule has 2 aromatic rings. The standard InChI is InChI=1S/C15H11N3O3/c16-9-13-5-1-2-6-14(13)11-21-17-10-12-4-3-7-15(8-12)18(19)20/h1-8,10H,11H2/b17-10-. The topological polar surface area (TPSA) is 88.5 Å². The van der Waals surface area contributed by atoms with Crippen molar-refractivity contribution in [2.75, 3.05) is 0 Å². The van der Waals surface area contributed by atoms with Crippen LogP contribution in [0.2, 0.25) is 0 Å². The van der Waals surface area contributed by atoms with E-state index < -0.39 is 4.92 Å². The van der Waals surface area contributed by atoms with Crippen molar-refractivity contribution in [3.63, 3.8) is 0 Å². The van der Waals surface area contributed by atoms with Gasteiger partial charge in [0.15, 0.2) is 0 Å². The largest absolute Gasteiger partial charge is 0.391 e. The van der Waals surface area contributed by atoms with Crippen molar-refractivity contribution in [1.82, 2.24) is 0 Å². The van der Waals surface area contributed by atoms with Gasteiger partial charge >= 0.3 is 0 Å². The third kappa shape index (κ3) is 3.88. The summed E-state index contributed by atoms with van der Waals surface area (Å²) in [7, 11) is 0. The summed E-state index contributed by atoms with van der Waals surface area (Å²) in [5.41, 5.74) is 1.82. The van der Waals surface area contributed by atoms with Gasteiger partial charge in [-0.1, -0.05) is 35.5 Å². The van der Waals surface area contributed by atoms with Gasteiger partial charge in [0.05, 0.1) is 22.8 Å². The molecule has 0 saturated carbocycles. The second-order valence-electron chi connectivity index (χ2n) is 4.13. The van der Waals surface area contributed by atoms with Crippen LogP contribution in [0.1, 0.15) is 16.7 Å². The summed E-state index contributed by atoms with van der Waals surface area (Å²) < 4.78 is 0. The van der Waals surface area contributed by atoms with Crippen LogP contribution in [0.5, 0.6) is 0 Å². The normalized spacial score (nSPS) is 10.2. The Morgan fingerprint density at radius 2 is 2.10 bits per heavy atom. The van der Waals surface area contributed by atoms with E-state index in [1.54, 1.807) is 30.3 Å². The average molecular weight is 281 g/mol. The molecule has 0 aliphatic heterocycles. The minimum absolute atomic E-state index is 0.00576. The molecule has 0 aliphatic rings. The van der Waals surface area contributed by atoms with E-state index in [-0.39, 0.29) is 12.3 Å². The van der Waals surface area contributed by atoms with Gasteiger partial charge in [0.2, 0.25) is 0 Å². The molecule has 0 bridgehead atoms. The lowest BCUT2D eigenvalue weighted by Crippen LogP contribution is -1.93. The monoisotopic (exact) mass is 281 g/mol. The zero-order chi connectivity index (χ0) is 15.1. The quantitative estimate of drug-likeness (QED) is 0.478. The molecule has 0 amide bonds. The van der Waals surface area contributed by atoms with Crippen molar-refractivity contribution in [2.24, 2.45) is 5.16 Å². The maximum absolute atomic E-state index is 10.6. The summed E-state index contributed by atoms with van der Waals surface area (Å²) in [6.07, 6.45) is 1.39. The Labute approximate surface area is 121 Å². The molecule has 2 rings (SSSR count). The summed E-state index contributed by atoms with van der Waals surface area (Å²) in [5.74, 6) is 0. The number of nitrogens with zero attached hydrogens (tertiary/aromatic N) is 3. The van der Waals surface area contributed by atoms with Crippen molar-refractivity contribution in [2.45, 2.75) is 6.61 Å². The number of hydrogen-bond acceptors (Lipinski definition) is 5. The van der Waals surface area contributed by atoms with E-state index in [4.69, 9.17) is 10.1 Å². The fourth-order valence-electron chi connectivity index (χ4n) is 1.68. The van der Waals surface area contributed by atoms with Crippen LogP contribution in [0.15, 0.2) is 53.7 Å². The smallest absolute Gasteiger partial charge is 0.270 e. The number of rotatable bonds is 5. The van der Waals surface area contributed by atoms with Crippen molar-refractivity contribution >= 4 is 11.9 Å². The number of oxime groups is 1. The highest BCUT2D eigenvalue weighted by Gasteiger charge is 2.04. The first kappa shape index (κ1) is 14.2. The van der Waals surface area contributed by atoms with Crippen LogP contribution in [0.25, 0.3) is 0 Å². The van der Waals surface area contributed by atoms with Crippen molar-refractivity contribution < 1.29 is 9.76 Å². The Morgan fingerprint density at radius 1 is 1.29 bits per heavy atom. The number of nitro benzene ring substituents is 1. The summed E-state index contributed by atoms with van der Waals surface area (Å²) in [5, 5.41) is 23.3. The molecule has 6 nitrogen and oxygen atoms in total. The molecule has 0 spiro atoms. The highest BCUT2D eigenvalue weighted by Crippen LogP contribution is 2.12. The number of benzene rings is 2. The van der Waals surface area contributed by atoms with E-state index in [9.17, 15) is 10.1 Å². The first-order chi connectivity index (χ1) is 10.2. The Kier molecular flexibility index (Phi) is 4.62. The van der Waals surface area contributed by atoms with Gasteiger partial charge < -0.3 is 4.84 Å². The molecule has 2 aromatic carbocycles. The molecule has 21 heavy (non-hydrogen) atoms. The van der Waals surface area contributed by atoms with Crippen LogP contribution in [-0.2, 0) is 11.4 Å². The third-order valence-corrected chi connectivity index (χ3v) is 2.72. The Balaban J connectivity index is 1.99. The Morgan fingerprint density at radius 3 is 2.86 bits per heavy atom. The molecule has 0 aromatic heterocycles. The lowest BCUT2D eigenvalue weighted by Gasteiger charge is -2.01. The number of nitro groups is 1. The lowest BCUT2D eigenvalue weighted by molar-refractivity contribution is -0.384. The minimum Gasteiger partial charge on any atom is -0.391 e. The van der Waals surface area contributed by atoms with Crippen LogP contribution < -0.4 is 0 Å². The van der Waals surface area contributed by atoms with Gasteiger partial charge in [-0.05, 0) is 6.07 Å². The van der Waals surface area contributed by atoms with Crippen molar-refractivity contribution in [3.8, 4) is 6.07 Å². The van der Waals surface area contributed by atoms with Gasteiger partial charge in [-0.15, -0.1) is 0 Å². The van der Waals surface area contributed by atoms with Crippen molar-refractivity contribution in [3.05, 3.63) is 75.3 Å². The number of hydrogen-bond donors (Lipinski definition) is 0. The third-order valence-electron chi connectivity index (χ3n) is 2.72.